The van der Waals surface area contributed by atoms with Gasteiger partial charge in [-0.05, 0) is 61.0 Å². The number of hydrogen-bond donors (Lipinski definition) is 1. The molecule has 3 rings (SSSR count). The number of nitrogens with zero attached hydrogens (tertiary/aromatic N) is 2. The van der Waals surface area contributed by atoms with Gasteiger partial charge in [0.2, 0.25) is 5.91 Å². The van der Waals surface area contributed by atoms with Crippen molar-refractivity contribution in [3.63, 3.8) is 0 Å². The van der Waals surface area contributed by atoms with Crippen LogP contribution in [0.5, 0.6) is 0 Å². The summed E-state index contributed by atoms with van der Waals surface area (Å²) in [7, 11) is 0. The largest absolute Gasteiger partial charge is 0.299 e. The quantitative estimate of drug-likeness (QED) is 0.840. The summed E-state index contributed by atoms with van der Waals surface area (Å²) in [4.78, 5) is 30.2. The number of piperidine rings is 1. The van der Waals surface area contributed by atoms with Gasteiger partial charge >= 0.3 is 0 Å². The summed E-state index contributed by atoms with van der Waals surface area (Å²) in [5, 5.41) is 2.62. The fourth-order valence-corrected chi connectivity index (χ4v) is 3.17. The molecule has 0 aliphatic carbocycles. The number of pyridine rings is 1. The molecule has 128 valence electrons. The van der Waals surface area contributed by atoms with Crippen molar-refractivity contribution in [2.75, 3.05) is 0 Å². The molecule has 1 saturated heterocycles. The molecule has 0 saturated carbocycles. The minimum atomic E-state index is -0.478. The van der Waals surface area contributed by atoms with Gasteiger partial charge in [-0.15, -0.1) is 0 Å². The molecule has 25 heavy (non-hydrogen) atoms. The summed E-state index contributed by atoms with van der Waals surface area (Å²) in [6.07, 6.45) is 5.23. The predicted molar refractivity (Wildman–Crippen MR) is 94.1 cm³/mol. The van der Waals surface area contributed by atoms with Crippen molar-refractivity contribution < 1.29 is 14.0 Å². The highest BCUT2D eigenvalue weighted by molar-refractivity contribution is 7.80. The number of likely N-dealkylation sites (tertiary alicyclic amines) is 1. The Hall–Kier alpha value is -2.67. The van der Waals surface area contributed by atoms with Gasteiger partial charge in [0.15, 0.2) is 5.11 Å². The number of thiocarbonyl (C=S) groups is 1. The van der Waals surface area contributed by atoms with Crippen LogP contribution in [0.1, 0.15) is 41.2 Å². The van der Waals surface area contributed by atoms with Crippen LogP contribution < -0.4 is 5.32 Å². The van der Waals surface area contributed by atoms with Gasteiger partial charge in [0.1, 0.15) is 5.82 Å². The SMILES string of the molecule is O=C(NC(=S)N1C(=O)CCCC1c1cccnc1)c1ccc(F)cc1. The van der Waals surface area contributed by atoms with E-state index in [1.54, 1.807) is 18.5 Å². The Labute approximate surface area is 149 Å². The summed E-state index contributed by atoms with van der Waals surface area (Å²) >= 11 is 5.31. The van der Waals surface area contributed by atoms with Crippen LogP contribution >= 0.6 is 12.2 Å². The third-order valence-electron chi connectivity index (χ3n) is 4.06. The zero-order valence-corrected chi connectivity index (χ0v) is 14.1. The first kappa shape index (κ1) is 17.2. The molecule has 7 heteroatoms. The highest BCUT2D eigenvalue weighted by Crippen LogP contribution is 2.31. The van der Waals surface area contributed by atoms with E-state index >= 15 is 0 Å². The van der Waals surface area contributed by atoms with Gasteiger partial charge < -0.3 is 0 Å². The second-order valence-corrected chi connectivity index (χ2v) is 6.11. The number of aromatic nitrogens is 1. The van der Waals surface area contributed by atoms with Crippen molar-refractivity contribution >= 4 is 29.1 Å². The van der Waals surface area contributed by atoms with Crippen molar-refractivity contribution in [3.8, 4) is 0 Å². The summed E-state index contributed by atoms with van der Waals surface area (Å²) in [5.41, 5.74) is 1.14. The lowest BCUT2D eigenvalue weighted by Gasteiger charge is -2.35. The van der Waals surface area contributed by atoms with E-state index in [2.05, 4.69) is 10.3 Å². The van der Waals surface area contributed by atoms with E-state index in [0.29, 0.717) is 6.42 Å². The molecule has 1 fully saturated rings. The molecule has 1 aromatic carbocycles. The van der Waals surface area contributed by atoms with Gasteiger partial charge in [-0.25, -0.2) is 4.39 Å². The average molecular weight is 357 g/mol. The minimum Gasteiger partial charge on any atom is -0.299 e. The Morgan fingerprint density at radius 2 is 2.04 bits per heavy atom. The van der Waals surface area contributed by atoms with Crippen LogP contribution in [0.2, 0.25) is 0 Å². The zero-order chi connectivity index (χ0) is 17.8. The maximum Gasteiger partial charge on any atom is 0.257 e. The summed E-state index contributed by atoms with van der Waals surface area (Å²) in [6.45, 7) is 0. The molecule has 2 heterocycles. The molecule has 2 aromatic rings. The lowest BCUT2D eigenvalue weighted by atomic mass is 9.96. The van der Waals surface area contributed by atoms with E-state index in [9.17, 15) is 14.0 Å². The molecule has 1 aliphatic rings. The molecule has 0 radical (unpaired) electrons. The first-order chi connectivity index (χ1) is 12.1. The van der Waals surface area contributed by atoms with Gasteiger partial charge in [-0.3, -0.25) is 24.8 Å². The highest BCUT2D eigenvalue weighted by atomic mass is 32.1. The summed E-state index contributed by atoms with van der Waals surface area (Å²) < 4.78 is 13.0. The zero-order valence-electron chi connectivity index (χ0n) is 13.3. The van der Waals surface area contributed by atoms with E-state index in [1.807, 2.05) is 6.07 Å². The molecule has 1 unspecified atom stereocenters. The molecule has 1 atom stereocenters. The van der Waals surface area contributed by atoms with Gasteiger partial charge in [0.05, 0.1) is 6.04 Å². The normalized spacial score (nSPS) is 17.2. The number of benzene rings is 1. The molecule has 5 nitrogen and oxygen atoms in total. The smallest absolute Gasteiger partial charge is 0.257 e. The van der Waals surface area contributed by atoms with Gasteiger partial charge in [-0.1, -0.05) is 6.07 Å². The first-order valence-corrected chi connectivity index (χ1v) is 8.30. The lowest BCUT2D eigenvalue weighted by Crippen LogP contribution is -2.49. The van der Waals surface area contributed by atoms with Crippen molar-refractivity contribution in [3.05, 3.63) is 65.7 Å². The van der Waals surface area contributed by atoms with Crippen LogP contribution in [0.4, 0.5) is 4.39 Å². The lowest BCUT2D eigenvalue weighted by molar-refractivity contribution is -0.131. The van der Waals surface area contributed by atoms with Crippen LogP contribution in [0.25, 0.3) is 0 Å². The third kappa shape index (κ3) is 3.88. The van der Waals surface area contributed by atoms with Crippen LogP contribution in [0, 0.1) is 5.82 Å². The molecule has 1 N–H and O–H groups in total. The fourth-order valence-electron chi connectivity index (χ4n) is 2.84. The standard InChI is InChI=1S/C18H16FN3O2S/c19-14-8-6-12(7-9-14)17(24)21-18(25)22-15(4-1-5-16(22)23)13-3-2-10-20-11-13/h2-3,6-11,15H,1,4-5H2,(H,21,24,25). The van der Waals surface area contributed by atoms with Crippen LogP contribution in [0.3, 0.4) is 0 Å². The molecule has 1 aliphatic heterocycles. The predicted octanol–water partition coefficient (Wildman–Crippen LogP) is 2.99. The number of rotatable bonds is 2. The van der Waals surface area contributed by atoms with E-state index in [4.69, 9.17) is 12.2 Å². The maximum absolute atomic E-state index is 13.0. The number of amides is 2. The number of hydrogen-bond acceptors (Lipinski definition) is 4. The Morgan fingerprint density at radius 1 is 1.28 bits per heavy atom. The highest BCUT2D eigenvalue weighted by Gasteiger charge is 2.33. The van der Waals surface area contributed by atoms with Crippen molar-refractivity contribution in [2.24, 2.45) is 0 Å². The number of halogens is 1. The Kier molecular flexibility index (Phi) is 5.14. The summed E-state index contributed by atoms with van der Waals surface area (Å²) in [6, 6.07) is 8.55. The third-order valence-corrected chi connectivity index (χ3v) is 4.36. The molecule has 0 bridgehead atoms. The van der Waals surface area contributed by atoms with Gasteiger partial charge in [0.25, 0.3) is 5.91 Å². The van der Waals surface area contributed by atoms with Gasteiger partial charge in [-0.2, -0.15) is 0 Å². The topological polar surface area (TPSA) is 62.3 Å². The van der Waals surface area contributed by atoms with E-state index < -0.39 is 11.7 Å². The molecular formula is C18H16FN3O2S. The molecule has 2 amide bonds. The average Bonchev–Trinajstić information content (AvgIpc) is 2.62. The molecular weight excluding hydrogens is 341 g/mol. The van der Waals surface area contributed by atoms with Crippen LogP contribution in [-0.4, -0.2) is 26.8 Å². The monoisotopic (exact) mass is 357 g/mol. The van der Waals surface area contributed by atoms with E-state index in [1.165, 1.54) is 29.2 Å². The van der Waals surface area contributed by atoms with Gasteiger partial charge in [0, 0.05) is 24.4 Å². The Bertz CT molecular complexity index is 796. The summed E-state index contributed by atoms with van der Waals surface area (Å²) in [5.74, 6) is -1.04. The van der Waals surface area contributed by atoms with Crippen molar-refractivity contribution in [1.82, 2.24) is 15.2 Å². The van der Waals surface area contributed by atoms with Crippen molar-refractivity contribution in [1.29, 1.82) is 0 Å². The fraction of sp³-hybridized carbons (Fsp3) is 0.222. The number of nitrogens with one attached hydrogen (secondary N) is 1. The van der Waals surface area contributed by atoms with Crippen LogP contribution in [-0.2, 0) is 4.79 Å². The number of carbonyl (C=O) groups is 2. The second kappa shape index (κ2) is 7.48. The van der Waals surface area contributed by atoms with E-state index in [-0.39, 0.29) is 22.6 Å². The van der Waals surface area contributed by atoms with Crippen molar-refractivity contribution in [2.45, 2.75) is 25.3 Å². The Morgan fingerprint density at radius 3 is 2.72 bits per heavy atom. The number of carbonyl (C=O) groups excluding carboxylic acids is 2. The maximum atomic E-state index is 13.0. The van der Waals surface area contributed by atoms with Crippen LogP contribution in [0.15, 0.2) is 48.8 Å². The molecule has 1 aromatic heterocycles. The first-order valence-electron chi connectivity index (χ1n) is 7.89. The minimum absolute atomic E-state index is 0.0490. The van der Waals surface area contributed by atoms with E-state index in [0.717, 1.165) is 18.4 Å². The molecule has 0 spiro atoms. The Balaban J connectivity index is 1.79. The second-order valence-electron chi connectivity index (χ2n) is 5.72.